The Bertz CT molecular complexity index is 1100. The molecular weight excluding hydrogens is 369 g/mol. The minimum Gasteiger partial charge on any atom is -0.481 e. The van der Waals surface area contributed by atoms with Crippen LogP contribution in [0.1, 0.15) is 43.9 Å². The molecule has 2 aromatic carbocycles. The molecule has 0 radical (unpaired) electrons. The number of aryl methyl sites for hydroxylation is 1. The Morgan fingerprint density at radius 1 is 1.28 bits per heavy atom. The second kappa shape index (κ2) is 7.32. The molecule has 5 nitrogen and oxygen atoms in total. The van der Waals surface area contributed by atoms with Gasteiger partial charge in [-0.15, -0.1) is 0 Å². The second-order valence-electron chi connectivity index (χ2n) is 7.73. The van der Waals surface area contributed by atoms with Gasteiger partial charge in [0.2, 0.25) is 0 Å². The van der Waals surface area contributed by atoms with Gasteiger partial charge in [-0.1, -0.05) is 19.1 Å². The number of aromatic nitrogens is 2. The van der Waals surface area contributed by atoms with E-state index in [1.165, 1.54) is 12.1 Å². The van der Waals surface area contributed by atoms with E-state index in [2.05, 4.69) is 6.07 Å². The number of halogens is 1. The number of fused-ring (bicyclic) bond motifs is 1. The summed E-state index contributed by atoms with van der Waals surface area (Å²) in [6.07, 6.45) is 2.80. The third kappa shape index (κ3) is 3.27. The van der Waals surface area contributed by atoms with Crippen LogP contribution in [0.3, 0.4) is 0 Å². The summed E-state index contributed by atoms with van der Waals surface area (Å²) in [6, 6.07) is 14.6. The normalized spacial score (nSPS) is 21.8. The van der Waals surface area contributed by atoms with Crippen molar-refractivity contribution in [2.24, 2.45) is 5.92 Å². The van der Waals surface area contributed by atoms with Crippen LogP contribution >= 0.6 is 0 Å². The van der Waals surface area contributed by atoms with Gasteiger partial charge in [0.05, 0.1) is 34.3 Å². The van der Waals surface area contributed by atoms with E-state index in [-0.39, 0.29) is 11.7 Å². The fourth-order valence-corrected chi connectivity index (χ4v) is 4.34. The molecule has 1 N–H and O–H groups in total. The van der Waals surface area contributed by atoms with E-state index in [4.69, 9.17) is 5.10 Å². The predicted octanol–water partition coefficient (Wildman–Crippen LogP) is 4.76. The molecule has 1 aliphatic carbocycles. The number of hydrogen-bond donors (Lipinski definition) is 1. The molecule has 29 heavy (non-hydrogen) atoms. The minimum atomic E-state index is -0.783. The number of aliphatic carboxylic acids is 1. The number of nitriles is 1. The van der Waals surface area contributed by atoms with Gasteiger partial charge < -0.3 is 5.11 Å². The first-order valence-corrected chi connectivity index (χ1v) is 9.89. The lowest BCUT2D eigenvalue weighted by Gasteiger charge is -2.34. The SMILES string of the molecule is CCc1nn(-c2ccc(F)cc2)c2cc([C@]3(C#N)CC[C@@H](C(=O)O)CC3)ccc12. The molecule has 3 aromatic rings. The molecule has 1 fully saturated rings. The smallest absolute Gasteiger partial charge is 0.306 e. The van der Waals surface area contributed by atoms with E-state index >= 15 is 0 Å². The molecule has 148 valence electrons. The first kappa shape index (κ1) is 19.1. The molecule has 0 atom stereocenters. The van der Waals surface area contributed by atoms with Crippen LogP contribution in [0.15, 0.2) is 42.5 Å². The Hall–Kier alpha value is -3.20. The highest BCUT2D eigenvalue weighted by atomic mass is 19.1. The largest absolute Gasteiger partial charge is 0.481 e. The van der Waals surface area contributed by atoms with Crippen LogP contribution in [-0.2, 0) is 16.6 Å². The molecule has 1 saturated carbocycles. The molecule has 0 bridgehead atoms. The summed E-state index contributed by atoms with van der Waals surface area (Å²) < 4.78 is 15.2. The predicted molar refractivity (Wildman–Crippen MR) is 107 cm³/mol. The van der Waals surface area contributed by atoms with Gasteiger partial charge in [-0.3, -0.25) is 4.79 Å². The Morgan fingerprint density at radius 3 is 2.55 bits per heavy atom. The van der Waals surface area contributed by atoms with Crippen molar-refractivity contribution in [3.8, 4) is 11.8 Å². The lowest BCUT2D eigenvalue weighted by molar-refractivity contribution is -0.143. The quantitative estimate of drug-likeness (QED) is 0.695. The van der Waals surface area contributed by atoms with Crippen LogP contribution in [0.2, 0.25) is 0 Å². The number of benzene rings is 2. The maximum absolute atomic E-state index is 13.4. The van der Waals surface area contributed by atoms with Crippen LogP contribution < -0.4 is 0 Å². The van der Waals surface area contributed by atoms with Crippen LogP contribution in [0.4, 0.5) is 4.39 Å². The molecule has 0 aliphatic heterocycles. The second-order valence-corrected chi connectivity index (χ2v) is 7.73. The maximum Gasteiger partial charge on any atom is 0.306 e. The number of carbonyl (C=O) groups is 1. The number of carboxylic acid groups (broad SMARTS) is 1. The van der Waals surface area contributed by atoms with Gasteiger partial charge in [-0.05, 0) is 68.0 Å². The lowest BCUT2D eigenvalue weighted by Crippen LogP contribution is -2.32. The van der Waals surface area contributed by atoms with E-state index in [1.54, 1.807) is 16.8 Å². The van der Waals surface area contributed by atoms with Gasteiger partial charge in [0.1, 0.15) is 5.82 Å². The van der Waals surface area contributed by atoms with E-state index in [9.17, 15) is 19.6 Å². The highest BCUT2D eigenvalue weighted by Gasteiger charge is 2.39. The number of carboxylic acids is 1. The van der Waals surface area contributed by atoms with Crippen molar-refractivity contribution in [1.82, 2.24) is 9.78 Å². The van der Waals surface area contributed by atoms with Crippen LogP contribution in [0.5, 0.6) is 0 Å². The first-order chi connectivity index (χ1) is 14.0. The van der Waals surface area contributed by atoms with E-state index in [0.717, 1.165) is 34.3 Å². The number of nitrogens with zero attached hydrogens (tertiary/aromatic N) is 3. The summed E-state index contributed by atoms with van der Waals surface area (Å²) in [7, 11) is 0. The third-order valence-corrected chi connectivity index (χ3v) is 6.12. The zero-order valence-corrected chi connectivity index (χ0v) is 16.2. The molecule has 0 spiro atoms. The third-order valence-electron chi connectivity index (χ3n) is 6.12. The van der Waals surface area contributed by atoms with Gasteiger partial charge in [0.15, 0.2) is 0 Å². The zero-order chi connectivity index (χ0) is 20.6. The van der Waals surface area contributed by atoms with Crippen molar-refractivity contribution in [2.75, 3.05) is 0 Å². The molecule has 1 aromatic heterocycles. The number of hydrogen-bond acceptors (Lipinski definition) is 3. The van der Waals surface area contributed by atoms with Gasteiger partial charge in [-0.25, -0.2) is 9.07 Å². The monoisotopic (exact) mass is 391 g/mol. The van der Waals surface area contributed by atoms with Crippen LogP contribution in [0.25, 0.3) is 16.6 Å². The van der Waals surface area contributed by atoms with Gasteiger partial charge >= 0.3 is 5.97 Å². The van der Waals surface area contributed by atoms with E-state index < -0.39 is 11.4 Å². The van der Waals surface area contributed by atoms with Crippen LogP contribution in [-0.4, -0.2) is 20.9 Å². The summed E-state index contributed by atoms with van der Waals surface area (Å²) >= 11 is 0. The summed E-state index contributed by atoms with van der Waals surface area (Å²) in [4.78, 5) is 11.3. The van der Waals surface area contributed by atoms with Crippen molar-refractivity contribution in [3.05, 3.63) is 59.5 Å². The summed E-state index contributed by atoms with van der Waals surface area (Å²) in [6.45, 7) is 2.04. The van der Waals surface area contributed by atoms with Gasteiger partial charge in [0.25, 0.3) is 0 Å². The van der Waals surface area contributed by atoms with Crippen molar-refractivity contribution in [2.45, 2.75) is 44.4 Å². The molecule has 0 saturated heterocycles. The average molecular weight is 391 g/mol. The first-order valence-electron chi connectivity index (χ1n) is 9.89. The topological polar surface area (TPSA) is 78.9 Å². The molecule has 0 unspecified atom stereocenters. The van der Waals surface area contributed by atoms with Gasteiger partial charge in [-0.2, -0.15) is 10.4 Å². The van der Waals surface area contributed by atoms with E-state index in [0.29, 0.717) is 25.7 Å². The number of rotatable bonds is 4. The molecule has 4 rings (SSSR count). The summed E-state index contributed by atoms with van der Waals surface area (Å²) in [5, 5.41) is 25.0. The van der Waals surface area contributed by atoms with E-state index in [1.807, 2.05) is 25.1 Å². The van der Waals surface area contributed by atoms with Crippen molar-refractivity contribution in [1.29, 1.82) is 5.26 Å². The van der Waals surface area contributed by atoms with Crippen molar-refractivity contribution in [3.63, 3.8) is 0 Å². The maximum atomic E-state index is 13.4. The summed E-state index contributed by atoms with van der Waals surface area (Å²) in [5.74, 6) is -1.47. The molecular formula is C23H22FN3O2. The highest BCUT2D eigenvalue weighted by Crippen LogP contribution is 2.42. The molecule has 1 heterocycles. The molecule has 0 amide bonds. The lowest BCUT2D eigenvalue weighted by atomic mass is 9.67. The Morgan fingerprint density at radius 2 is 1.97 bits per heavy atom. The summed E-state index contributed by atoms with van der Waals surface area (Å²) in [5.41, 5.74) is 2.78. The average Bonchev–Trinajstić information content (AvgIpc) is 3.12. The molecule has 6 heteroatoms. The Kier molecular flexibility index (Phi) is 4.83. The van der Waals surface area contributed by atoms with Gasteiger partial charge in [0, 0.05) is 5.39 Å². The fourth-order valence-electron chi connectivity index (χ4n) is 4.34. The standard InChI is InChI=1S/C23H22FN3O2/c1-2-20-19-8-3-16(23(14-25)11-9-15(10-12-23)22(28)29)13-21(19)27(26-20)18-6-4-17(24)5-7-18/h3-8,13,15H,2,9-12H2,1H3,(H,28,29)/t15-,23-. The zero-order valence-electron chi connectivity index (χ0n) is 16.2. The minimum absolute atomic E-state index is 0.305. The Labute approximate surface area is 168 Å². The van der Waals surface area contributed by atoms with Crippen molar-refractivity contribution < 1.29 is 14.3 Å². The highest BCUT2D eigenvalue weighted by molar-refractivity contribution is 5.84. The fraction of sp³-hybridized carbons (Fsp3) is 0.348. The van der Waals surface area contributed by atoms with Crippen LogP contribution in [0, 0.1) is 23.1 Å². The Balaban J connectivity index is 1.81. The van der Waals surface area contributed by atoms with Crippen molar-refractivity contribution >= 4 is 16.9 Å². The molecule has 1 aliphatic rings.